The van der Waals surface area contributed by atoms with Crippen molar-refractivity contribution in [1.82, 2.24) is 5.32 Å². The Kier molecular flexibility index (Phi) is 3.84. The van der Waals surface area contributed by atoms with E-state index in [0.717, 1.165) is 0 Å². The number of carbonyl (C=O) groups excluding carboxylic acids is 1. The van der Waals surface area contributed by atoms with Gasteiger partial charge in [-0.15, -0.1) is 0 Å². The van der Waals surface area contributed by atoms with Crippen LogP contribution in [0.5, 0.6) is 0 Å². The van der Waals surface area contributed by atoms with Gasteiger partial charge in [0.15, 0.2) is 9.84 Å². The number of sulfone groups is 1. The van der Waals surface area contributed by atoms with Crippen molar-refractivity contribution in [3.8, 4) is 0 Å². The number of nitrogens with two attached hydrogens (primary N) is 1. The van der Waals surface area contributed by atoms with Crippen LogP contribution < -0.4 is 11.1 Å². The van der Waals surface area contributed by atoms with E-state index < -0.39 is 27.1 Å². The molecule has 1 atom stereocenters. The van der Waals surface area contributed by atoms with Crippen molar-refractivity contribution < 1.29 is 17.6 Å². The first kappa shape index (κ1) is 14.9. The average molecular weight is 300 g/mol. The summed E-state index contributed by atoms with van der Waals surface area (Å²) in [5, 5.41) is 3.07. The highest BCUT2D eigenvalue weighted by atomic mass is 32.2. The Bertz CT molecular complexity index is 645. The maximum atomic E-state index is 13.7. The van der Waals surface area contributed by atoms with E-state index >= 15 is 0 Å². The topological polar surface area (TPSA) is 89.3 Å². The molecule has 1 aliphatic rings. The molecule has 0 aromatic heterocycles. The smallest absolute Gasteiger partial charge is 0.248 e. The number of halogens is 1. The van der Waals surface area contributed by atoms with Gasteiger partial charge in [0.2, 0.25) is 5.91 Å². The summed E-state index contributed by atoms with van der Waals surface area (Å²) in [6.45, 7) is 1.95. The largest absolute Gasteiger partial charge is 0.366 e. The molecule has 7 heteroatoms. The molecule has 0 bridgehead atoms. The van der Waals surface area contributed by atoms with Crippen LogP contribution in [0.4, 0.5) is 4.39 Å². The van der Waals surface area contributed by atoms with Crippen LogP contribution in [-0.2, 0) is 16.4 Å². The quantitative estimate of drug-likeness (QED) is 0.852. The minimum absolute atomic E-state index is 0.0388. The molecule has 2 rings (SSSR count). The van der Waals surface area contributed by atoms with E-state index in [1.165, 1.54) is 18.2 Å². The molecule has 1 saturated heterocycles. The summed E-state index contributed by atoms with van der Waals surface area (Å²) < 4.78 is 36.7. The van der Waals surface area contributed by atoms with Crippen molar-refractivity contribution in [3.05, 3.63) is 35.1 Å². The van der Waals surface area contributed by atoms with Gasteiger partial charge in [0.05, 0.1) is 11.5 Å². The fourth-order valence-corrected chi connectivity index (χ4v) is 4.44. The summed E-state index contributed by atoms with van der Waals surface area (Å²) in [4.78, 5) is 11.1. The fourth-order valence-electron chi connectivity index (χ4n) is 2.32. The zero-order chi connectivity index (χ0) is 15.0. The third-order valence-corrected chi connectivity index (χ3v) is 5.44. The minimum atomic E-state index is -3.02. The second-order valence-corrected chi connectivity index (χ2v) is 7.61. The molecule has 1 amide bonds. The normalized spacial score (nSPS) is 24.7. The Hall–Kier alpha value is -1.47. The van der Waals surface area contributed by atoms with Crippen molar-refractivity contribution in [2.75, 3.05) is 11.5 Å². The molecule has 0 saturated carbocycles. The standard InChI is InChI=1S/C13H17FN2O3S/c1-13(4-5-20(18,19)8-13)16-7-10-6-9(12(15)17)2-3-11(10)14/h2-3,6,16H,4-5,7-8H2,1H3,(H2,15,17). The number of benzene rings is 1. The molecule has 1 fully saturated rings. The maximum absolute atomic E-state index is 13.7. The SMILES string of the molecule is CC1(NCc2cc(C(N)=O)ccc2F)CCS(=O)(=O)C1. The first-order valence-electron chi connectivity index (χ1n) is 6.24. The number of hydrogen-bond donors (Lipinski definition) is 2. The molecule has 1 aromatic rings. The molecule has 1 aliphatic heterocycles. The van der Waals surface area contributed by atoms with Gasteiger partial charge in [-0.2, -0.15) is 0 Å². The fraction of sp³-hybridized carbons (Fsp3) is 0.462. The van der Waals surface area contributed by atoms with Crippen LogP contribution in [0.1, 0.15) is 29.3 Å². The van der Waals surface area contributed by atoms with Gasteiger partial charge in [-0.25, -0.2) is 12.8 Å². The molecule has 5 nitrogen and oxygen atoms in total. The molecule has 110 valence electrons. The van der Waals surface area contributed by atoms with Crippen molar-refractivity contribution in [2.45, 2.75) is 25.4 Å². The van der Waals surface area contributed by atoms with Crippen LogP contribution in [0.2, 0.25) is 0 Å². The maximum Gasteiger partial charge on any atom is 0.248 e. The van der Waals surface area contributed by atoms with E-state index in [9.17, 15) is 17.6 Å². The van der Waals surface area contributed by atoms with Crippen LogP contribution >= 0.6 is 0 Å². The van der Waals surface area contributed by atoms with Crippen LogP contribution in [0.15, 0.2) is 18.2 Å². The summed E-state index contributed by atoms with van der Waals surface area (Å²) in [5.41, 5.74) is 5.12. The van der Waals surface area contributed by atoms with Gasteiger partial charge in [-0.1, -0.05) is 0 Å². The van der Waals surface area contributed by atoms with Gasteiger partial charge >= 0.3 is 0 Å². The third-order valence-electron chi connectivity index (χ3n) is 3.54. The zero-order valence-electron chi connectivity index (χ0n) is 11.1. The van der Waals surface area contributed by atoms with Gasteiger partial charge in [0.25, 0.3) is 0 Å². The highest BCUT2D eigenvalue weighted by molar-refractivity contribution is 7.91. The van der Waals surface area contributed by atoms with Gasteiger partial charge in [0, 0.05) is 23.2 Å². The zero-order valence-corrected chi connectivity index (χ0v) is 12.0. The van der Waals surface area contributed by atoms with Crippen LogP contribution in [0, 0.1) is 5.82 Å². The summed E-state index contributed by atoms with van der Waals surface area (Å²) in [6.07, 6.45) is 0.493. The Morgan fingerprint density at radius 2 is 2.20 bits per heavy atom. The number of carbonyl (C=O) groups is 1. The van der Waals surface area contributed by atoms with E-state index in [1.807, 2.05) is 0 Å². The van der Waals surface area contributed by atoms with E-state index in [0.29, 0.717) is 12.0 Å². The lowest BCUT2D eigenvalue weighted by atomic mass is 10.0. The first-order valence-corrected chi connectivity index (χ1v) is 8.07. The summed E-state index contributed by atoms with van der Waals surface area (Å²) >= 11 is 0. The molecule has 0 aliphatic carbocycles. The molecule has 1 aromatic carbocycles. The van der Waals surface area contributed by atoms with Gasteiger partial charge in [0.1, 0.15) is 5.82 Å². The number of primary amides is 1. The predicted molar refractivity (Wildman–Crippen MR) is 73.4 cm³/mol. The second kappa shape index (κ2) is 5.14. The number of nitrogens with one attached hydrogen (secondary N) is 1. The average Bonchev–Trinajstić information content (AvgIpc) is 2.63. The highest BCUT2D eigenvalue weighted by Gasteiger charge is 2.37. The molecule has 1 unspecified atom stereocenters. The Labute approximate surface area is 117 Å². The Morgan fingerprint density at radius 3 is 2.75 bits per heavy atom. The predicted octanol–water partition coefficient (Wildman–Crippen LogP) is 0.591. The van der Waals surface area contributed by atoms with Crippen LogP contribution in [0.25, 0.3) is 0 Å². The molecule has 3 N–H and O–H groups in total. The van der Waals surface area contributed by atoms with Gasteiger partial charge in [-0.3, -0.25) is 4.79 Å². The number of amides is 1. The monoisotopic (exact) mass is 300 g/mol. The molecular weight excluding hydrogens is 283 g/mol. The number of rotatable bonds is 4. The van der Waals surface area contributed by atoms with Crippen molar-refractivity contribution >= 4 is 15.7 Å². The molecule has 0 spiro atoms. The van der Waals surface area contributed by atoms with E-state index in [2.05, 4.69) is 5.32 Å². The Morgan fingerprint density at radius 1 is 1.50 bits per heavy atom. The van der Waals surface area contributed by atoms with Gasteiger partial charge < -0.3 is 11.1 Å². The highest BCUT2D eigenvalue weighted by Crippen LogP contribution is 2.23. The summed E-state index contributed by atoms with van der Waals surface area (Å²) in [6, 6.07) is 3.89. The van der Waals surface area contributed by atoms with Crippen molar-refractivity contribution in [2.24, 2.45) is 5.73 Å². The summed E-state index contributed by atoms with van der Waals surface area (Å²) in [7, 11) is -3.02. The van der Waals surface area contributed by atoms with E-state index in [4.69, 9.17) is 5.73 Å². The van der Waals surface area contributed by atoms with E-state index in [1.54, 1.807) is 6.92 Å². The Balaban J connectivity index is 2.11. The van der Waals surface area contributed by atoms with Gasteiger partial charge in [-0.05, 0) is 31.5 Å². The summed E-state index contributed by atoms with van der Waals surface area (Å²) in [5.74, 6) is -0.898. The number of hydrogen-bond acceptors (Lipinski definition) is 4. The lowest BCUT2D eigenvalue weighted by Gasteiger charge is -2.24. The van der Waals surface area contributed by atoms with E-state index in [-0.39, 0.29) is 23.6 Å². The molecule has 0 radical (unpaired) electrons. The molecule has 20 heavy (non-hydrogen) atoms. The molecular formula is C13H17FN2O3S. The lowest BCUT2D eigenvalue weighted by molar-refractivity contribution is 0.1000. The minimum Gasteiger partial charge on any atom is -0.366 e. The molecule has 1 heterocycles. The van der Waals surface area contributed by atoms with Crippen LogP contribution in [-0.4, -0.2) is 31.4 Å². The van der Waals surface area contributed by atoms with Crippen molar-refractivity contribution in [3.63, 3.8) is 0 Å². The first-order chi connectivity index (χ1) is 9.21. The van der Waals surface area contributed by atoms with Crippen molar-refractivity contribution in [1.29, 1.82) is 0 Å². The van der Waals surface area contributed by atoms with Crippen LogP contribution in [0.3, 0.4) is 0 Å². The lowest BCUT2D eigenvalue weighted by Crippen LogP contribution is -2.43. The second-order valence-electron chi connectivity index (χ2n) is 5.43. The third kappa shape index (κ3) is 3.34.